The first-order valence-electron chi connectivity index (χ1n) is 9.02. The van der Waals surface area contributed by atoms with Crippen molar-refractivity contribution in [2.24, 2.45) is 0 Å². The lowest BCUT2D eigenvalue weighted by Crippen LogP contribution is -2.32. The zero-order valence-electron chi connectivity index (χ0n) is 15.7. The van der Waals surface area contributed by atoms with Gasteiger partial charge in [-0.05, 0) is 49.6 Å². The molecular formula is C21H27NO2S2. The molecule has 0 aromatic heterocycles. The molecule has 0 N–H and O–H groups in total. The van der Waals surface area contributed by atoms with Gasteiger partial charge in [-0.1, -0.05) is 62.0 Å². The fourth-order valence-corrected chi connectivity index (χ4v) is 5.23. The van der Waals surface area contributed by atoms with Gasteiger partial charge in [0.2, 0.25) is 10.0 Å². The Hall–Kier alpha value is -1.56. The first-order chi connectivity index (χ1) is 12.5. The molecule has 0 aliphatic carbocycles. The van der Waals surface area contributed by atoms with E-state index in [2.05, 4.69) is 18.2 Å². The Labute approximate surface area is 162 Å². The first-order valence-corrected chi connectivity index (χ1v) is 11.3. The van der Waals surface area contributed by atoms with Crippen molar-refractivity contribution in [2.45, 2.75) is 43.4 Å². The summed E-state index contributed by atoms with van der Waals surface area (Å²) in [4.78, 5) is 2.64. The minimum atomic E-state index is -3.43. The van der Waals surface area contributed by atoms with Gasteiger partial charge in [-0.3, -0.25) is 0 Å². The lowest BCUT2D eigenvalue weighted by atomic mass is 10.2. The number of thioether (sulfide) groups is 1. The van der Waals surface area contributed by atoms with Gasteiger partial charge < -0.3 is 0 Å². The third-order valence-corrected chi connectivity index (χ3v) is 7.07. The van der Waals surface area contributed by atoms with Crippen LogP contribution in [0.25, 0.3) is 4.91 Å². The maximum atomic E-state index is 12.9. The summed E-state index contributed by atoms with van der Waals surface area (Å²) in [5.74, 6) is 0. The van der Waals surface area contributed by atoms with E-state index in [0.29, 0.717) is 18.0 Å². The lowest BCUT2D eigenvalue weighted by molar-refractivity contribution is 0.410. The molecule has 2 aromatic carbocycles. The van der Waals surface area contributed by atoms with Crippen LogP contribution in [0.2, 0.25) is 0 Å². The fraction of sp³-hybridized carbons (Fsp3) is 0.333. The second-order valence-corrected chi connectivity index (χ2v) is 9.05. The number of nitrogens with zero attached hydrogens (tertiary/aromatic N) is 1. The summed E-state index contributed by atoms with van der Waals surface area (Å²) in [5, 5.41) is 0. The number of hydrogen-bond donors (Lipinski definition) is 0. The van der Waals surface area contributed by atoms with Gasteiger partial charge in [0.15, 0.2) is 0 Å². The highest BCUT2D eigenvalue weighted by Crippen LogP contribution is 2.34. The van der Waals surface area contributed by atoms with Crippen LogP contribution in [0, 0.1) is 0 Å². The Morgan fingerprint density at radius 3 is 2.04 bits per heavy atom. The van der Waals surface area contributed by atoms with Crippen molar-refractivity contribution >= 4 is 26.7 Å². The summed E-state index contributed by atoms with van der Waals surface area (Å²) in [7, 11) is -3.43. The molecule has 2 rings (SSSR count). The Morgan fingerprint density at radius 2 is 1.54 bits per heavy atom. The summed E-state index contributed by atoms with van der Waals surface area (Å²) >= 11 is 1.68. The van der Waals surface area contributed by atoms with E-state index in [4.69, 9.17) is 0 Å². The van der Waals surface area contributed by atoms with Crippen molar-refractivity contribution in [1.29, 1.82) is 0 Å². The van der Waals surface area contributed by atoms with Crippen molar-refractivity contribution in [3.05, 3.63) is 66.2 Å². The molecule has 0 bridgehead atoms. The smallest absolute Gasteiger partial charge is 0.207 e. The number of sulfonamides is 1. The molecule has 140 valence electrons. The molecule has 0 saturated heterocycles. The molecule has 0 spiro atoms. The van der Waals surface area contributed by atoms with E-state index in [9.17, 15) is 8.42 Å². The van der Waals surface area contributed by atoms with E-state index in [1.54, 1.807) is 28.2 Å². The van der Waals surface area contributed by atoms with Crippen LogP contribution in [0.5, 0.6) is 0 Å². The summed E-state index contributed by atoms with van der Waals surface area (Å²) in [6.07, 6.45) is 3.68. The quantitative estimate of drug-likeness (QED) is 0.520. The van der Waals surface area contributed by atoms with Gasteiger partial charge in [0.1, 0.15) is 0 Å². The molecular weight excluding hydrogens is 362 g/mol. The third-order valence-electron chi connectivity index (χ3n) is 3.96. The Bertz CT molecular complexity index is 807. The average Bonchev–Trinajstić information content (AvgIpc) is 2.67. The largest absolute Gasteiger partial charge is 0.243 e. The minimum absolute atomic E-state index is 0.364. The molecule has 0 fully saturated rings. The highest BCUT2D eigenvalue weighted by atomic mass is 32.2. The van der Waals surface area contributed by atoms with Gasteiger partial charge in [0, 0.05) is 22.9 Å². The van der Waals surface area contributed by atoms with Crippen LogP contribution in [0.1, 0.15) is 39.2 Å². The molecule has 0 aliphatic rings. The predicted octanol–water partition coefficient (Wildman–Crippen LogP) is 5.65. The Balaban J connectivity index is 2.23. The molecule has 0 saturated carbocycles. The molecule has 0 atom stereocenters. The predicted molar refractivity (Wildman–Crippen MR) is 112 cm³/mol. The topological polar surface area (TPSA) is 37.4 Å². The number of rotatable bonds is 9. The second-order valence-electron chi connectivity index (χ2n) is 6.00. The normalized spacial score (nSPS) is 12.5. The highest BCUT2D eigenvalue weighted by Gasteiger charge is 2.22. The maximum absolute atomic E-state index is 12.9. The average molecular weight is 390 g/mol. The molecule has 5 heteroatoms. The molecule has 0 heterocycles. The highest BCUT2D eigenvalue weighted by molar-refractivity contribution is 8.08. The van der Waals surface area contributed by atoms with E-state index >= 15 is 0 Å². The van der Waals surface area contributed by atoms with Gasteiger partial charge >= 0.3 is 0 Å². The van der Waals surface area contributed by atoms with E-state index in [1.807, 2.05) is 51.1 Å². The van der Waals surface area contributed by atoms with Crippen LogP contribution < -0.4 is 0 Å². The molecule has 0 radical (unpaired) electrons. The van der Waals surface area contributed by atoms with Gasteiger partial charge in [-0.2, -0.15) is 4.31 Å². The summed E-state index contributed by atoms with van der Waals surface area (Å²) in [6.45, 7) is 7.12. The van der Waals surface area contributed by atoms with E-state index < -0.39 is 10.0 Å². The van der Waals surface area contributed by atoms with Crippen LogP contribution in [0.15, 0.2) is 70.5 Å². The van der Waals surface area contributed by atoms with Crippen LogP contribution in [-0.4, -0.2) is 25.8 Å². The summed E-state index contributed by atoms with van der Waals surface area (Å²) in [6, 6.07) is 17.4. The summed E-state index contributed by atoms with van der Waals surface area (Å²) in [5.41, 5.74) is 1.03. The number of benzene rings is 2. The van der Waals surface area contributed by atoms with Crippen molar-refractivity contribution in [1.82, 2.24) is 4.31 Å². The molecule has 26 heavy (non-hydrogen) atoms. The van der Waals surface area contributed by atoms with Crippen molar-refractivity contribution in [3.63, 3.8) is 0 Å². The fourth-order valence-electron chi connectivity index (χ4n) is 2.69. The molecule has 0 aliphatic heterocycles. The zero-order chi connectivity index (χ0) is 19.0. The third kappa shape index (κ3) is 5.22. The van der Waals surface area contributed by atoms with Crippen molar-refractivity contribution < 1.29 is 8.42 Å². The molecule has 0 unspecified atom stereocenters. The van der Waals surface area contributed by atoms with Crippen molar-refractivity contribution in [3.8, 4) is 0 Å². The zero-order valence-corrected chi connectivity index (χ0v) is 17.3. The van der Waals surface area contributed by atoms with Crippen molar-refractivity contribution in [2.75, 3.05) is 13.1 Å². The maximum Gasteiger partial charge on any atom is 0.243 e. The Morgan fingerprint density at radius 1 is 0.962 bits per heavy atom. The van der Waals surface area contributed by atoms with Crippen LogP contribution >= 0.6 is 11.8 Å². The van der Waals surface area contributed by atoms with Gasteiger partial charge in [0.25, 0.3) is 0 Å². The Kier molecular flexibility index (Phi) is 7.94. The van der Waals surface area contributed by atoms with E-state index in [1.165, 1.54) is 0 Å². The second kappa shape index (κ2) is 9.95. The lowest BCUT2D eigenvalue weighted by Gasteiger charge is -2.21. The standard InChI is InChI=1S/C21H27NO2S2/c1-4-16-22(17-5-2)26(23,24)20-14-12-18(13-15-20)21(6-3)25-19-10-8-7-9-11-19/h6-15H,4-5,16-17H2,1-3H3/b21-6-. The summed E-state index contributed by atoms with van der Waals surface area (Å²) < 4.78 is 27.3. The van der Waals surface area contributed by atoms with E-state index in [-0.39, 0.29) is 0 Å². The molecule has 0 amide bonds. The molecule has 3 nitrogen and oxygen atoms in total. The van der Waals surface area contributed by atoms with Crippen LogP contribution in [0.3, 0.4) is 0 Å². The van der Waals surface area contributed by atoms with Crippen LogP contribution in [0.4, 0.5) is 0 Å². The van der Waals surface area contributed by atoms with Gasteiger partial charge in [-0.15, -0.1) is 0 Å². The monoisotopic (exact) mass is 389 g/mol. The van der Waals surface area contributed by atoms with Crippen LogP contribution in [-0.2, 0) is 10.0 Å². The SMILES string of the molecule is C/C=C(\Sc1ccccc1)c1ccc(S(=O)(=O)N(CCC)CCC)cc1. The molecule has 2 aromatic rings. The van der Waals surface area contributed by atoms with E-state index in [0.717, 1.165) is 28.2 Å². The first kappa shape index (κ1) is 20.7. The number of allylic oxidation sites excluding steroid dienone is 1. The van der Waals surface area contributed by atoms with Gasteiger partial charge in [0.05, 0.1) is 4.90 Å². The number of hydrogen-bond acceptors (Lipinski definition) is 3. The minimum Gasteiger partial charge on any atom is -0.207 e. The van der Waals surface area contributed by atoms with Gasteiger partial charge in [-0.25, -0.2) is 8.42 Å².